The van der Waals surface area contributed by atoms with E-state index in [4.69, 9.17) is 16.3 Å². The molecule has 0 aromatic heterocycles. The summed E-state index contributed by atoms with van der Waals surface area (Å²) in [5.41, 5.74) is 0.412. The van der Waals surface area contributed by atoms with Crippen molar-refractivity contribution in [1.29, 1.82) is 0 Å². The highest BCUT2D eigenvalue weighted by Crippen LogP contribution is 2.28. The molecule has 1 aromatic carbocycles. The van der Waals surface area contributed by atoms with Crippen molar-refractivity contribution in [3.8, 4) is 0 Å². The number of carbonyl (C=O) groups excluding carboxylic acids is 1. The molecule has 5 heteroatoms. The maximum Gasteiger partial charge on any atom is 0.310 e. The number of benzene rings is 1. The average Bonchev–Trinajstić information content (AvgIpc) is 2.19. The van der Waals surface area contributed by atoms with Gasteiger partial charge in [-0.05, 0) is 24.6 Å². The number of hydrogen-bond donors (Lipinski definition) is 0. The van der Waals surface area contributed by atoms with Crippen molar-refractivity contribution in [3.05, 3.63) is 33.0 Å². The largest absolute Gasteiger partial charge is 0.466 e. The van der Waals surface area contributed by atoms with Crippen LogP contribution in [0, 0.1) is 5.82 Å². The summed E-state index contributed by atoms with van der Waals surface area (Å²) >= 11 is 8.93. The minimum Gasteiger partial charge on any atom is -0.466 e. The van der Waals surface area contributed by atoms with Crippen LogP contribution in [0.1, 0.15) is 12.5 Å². The van der Waals surface area contributed by atoms with Crippen LogP contribution in [0.2, 0.25) is 5.02 Å². The number of halogens is 3. The summed E-state index contributed by atoms with van der Waals surface area (Å²) in [7, 11) is 0. The van der Waals surface area contributed by atoms with Crippen LogP contribution in [0.25, 0.3) is 0 Å². The lowest BCUT2D eigenvalue weighted by molar-refractivity contribution is -0.142. The topological polar surface area (TPSA) is 26.3 Å². The van der Waals surface area contributed by atoms with Gasteiger partial charge in [-0.15, -0.1) is 0 Å². The normalized spacial score (nSPS) is 10.1. The van der Waals surface area contributed by atoms with E-state index in [-0.39, 0.29) is 11.4 Å². The molecule has 2 nitrogen and oxygen atoms in total. The van der Waals surface area contributed by atoms with Gasteiger partial charge in [-0.3, -0.25) is 4.79 Å². The summed E-state index contributed by atoms with van der Waals surface area (Å²) in [5.74, 6) is -0.968. The van der Waals surface area contributed by atoms with Gasteiger partial charge < -0.3 is 4.74 Å². The quantitative estimate of drug-likeness (QED) is 0.631. The zero-order valence-corrected chi connectivity index (χ0v) is 10.4. The monoisotopic (exact) mass is 294 g/mol. The van der Waals surface area contributed by atoms with Crippen molar-refractivity contribution in [2.45, 2.75) is 13.3 Å². The molecule has 0 amide bonds. The molecule has 1 aromatic rings. The molecule has 0 saturated carbocycles. The minimum atomic E-state index is -0.542. The van der Waals surface area contributed by atoms with Gasteiger partial charge in [0.15, 0.2) is 0 Å². The van der Waals surface area contributed by atoms with Gasteiger partial charge in [0.1, 0.15) is 5.82 Å². The fourth-order valence-electron chi connectivity index (χ4n) is 1.09. The molecule has 15 heavy (non-hydrogen) atoms. The molecule has 0 saturated heterocycles. The number of esters is 1. The van der Waals surface area contributed by atoms with Crippen molar-refractivity contribution >= 4 is 33.5 Å². The fraction of sp³-hybridized carbons (Fsp3) is 0.300. The lowest BCUT2D eigenvalue weighted by Crippen LogP contribution is -2.08. The molecular weight excluding hydrogens is 286 g/mol. The molecule has 0 heterocycles. The molecule has 0 aliphatic carbocycles. The van der Waals surface area contributed by atoms with Gasteiger partial charge >= 0.3 is 5.97 Å². The van der Waals surface area contributed by atoms with Crippen LogP contribution in [0.3, 0.4) is 0 Å². The average molecular weight is 296 g/mol. The molecule has 82 valence electrons. The number of rotatable bonds is 3. The SMILES string of the molecule is CCOC(=O)Cc1c(Br)ccc(F)c1Cl. The summed E-state index contributed by atoms with van der Waals surface area (Å²) in [6, 6.07) is 2.75. The lowest BCUT2D eigenvalue weighted by Gasteiger charge is -2.07. The Morgan fingerprint density at radius 3 is 2.87 bits per heavy atom. The van der Waals surface area contributed by atoms with E-state index in [9.17, 15) is 9.18 Å². The van der Waals surface area contributed by atoms with Gasteiger partial charge in [0.05, 0.1) is 18.1 Å². The molecule has 0 aliphatic rings. The van der Waals surface area contributed by atoms with Crippen LogP contribution in [0.4, 0.5) is 4.39 Å². The van der Waals surface area contributed by atoms with E-state index >= 15 is 0 Å². The van der Waals surface area contributed by atoms with E-state index in [2.05, 4.69) is 15.9 Å². The minimum absolute atomic E-state index is 0.0367. The first kappa shape index (κ1) is 12.5. The zero-order chi connectivity index (χ0) is 11.4. The van der Waals surface area contributed by atoms with E-state index in [1.165, 1.54) is 12.1 Å². The van der Waals surface area contributed by atoms with E-state index in [0.717, 1.165) is 0 Å². The Balaban J connectivity index is 2.93. The first-order valence-corrected chi connectivity index (χ1v) is 5.51. The molecule has 1 rings (SSSR count). The Kier molecular flexibility index (Phi) is 4.54. The molecule has 0 aliphatic heterocycles. The van der Waals surface area contributed by atoms with Gasteiger partial charge in [-0.2, -0.15) is 0 Å². The first-order valence-electron chi connectivity index (χ1n) is 4.34. The van der Waals surface area contributed by atoms with E-state index < -0.39 is 11.8 Å². The Morgan fingerprint density at radius 2 is 2.27 bits per heavy atom. The molecule has 0 bridgehead atoms. The standard InChI is InChI=1S/C10H9BrClFO2/c1-2-15-9(14)5-6-7(11)3-4-8(13)10(6)12/h3-4H,2,5H2,1H3. The van der Waals surface area contributed by atoms with Gasteiger partial charge in [0.2, 0.25) is 0 Å². The Morgan fingerprint density at radius 1 is 1.60 bits per heavy atom. The van der Waals surface area contributed by atoms with Gasteiger partial charge in [-0.1, -0.05) is 27.5 Å². The third kappa shape index (κ3) is 3.18. The smallest absolute Gasteiger partial charge is 0.310 e. The lowest BCUT2D eigenvalue weighted by atomic mass is 10.1. The molecule has 0 spiro atoms. The van der Waals surface area contributed by atoms with Crippen molar-refractivity contribution in [1.82, 2.24) is 0 Å². The highest BCUT2D eigenvalue weighted by Gasteiger charge is 2.14. The molecule has 0 unspecified atom stereocenters. The Labute approximate surface area is 101 Å². The summed E-state index contributed by atoms with van der Waals surface area (Å²) < 4.78 is 18.4. The van der Waals surface area contributed by atoms with E-state index in [1.54, 1.807) is 6.92 Å². The Bertz CT molecular complexity index is 382. The molecule has 0 fully saturated rings. The van der Waals surface area contributed by atoms with Crippen molar-refractivity contribution in [2.75, 3.05) is 6.61 Å². The van der Waals surface area contributed by atoms with Crippen LogP contribution >= 0.6 is 27.5 Å². The molecule has 0 radical (unpaired) electrons. The number of ether oxygens (including phenoxy) is 1. The van der Waals surface area contributed by atoms with Crippen LogP contribution in [0.5, 0.6) is 0 Å². The van der Waals surface area contributed by atoms with Crippen molar-refractivity contribution in [3.63, 3.8) is 0 Å². The fourth-order valence-corrected chi connectivity index (χ4v) is 1.90. The second-order valence-electron chi connectivity index (χ2n) is 2.80. The number of carbonyl (C=O) groups is 1. The maximum absolute atomic E-state index is 13.1. The first-order chi connectivity index (χ1) is 7.06. The van der Waals surface area contributed by atoms with Crippen molar-refractivity contribution in [2.24, 2.45) is 0 Å². The van der Waals surface area contributed by atoms with Gasteiger partial charge in [-0.25, -0.2) is 4.39 Å². The second-order valence-corrected chi connectivity index (χ2v) is 4.04. The van der Waals surface area contributed by atoms with Gasteiger partial charge in [0.25, 0.3) is 0 Å². The Hall–Kier alpha value is -0.610. The highest BCUT2D eigenvalue weighted by atomic mass is 79.9. The van der Waals surface area contributed by atoms with Crippen LogP contribution in [0.15, 0.2) is 16.6 Å². The predicted octanol–water partition coefficient (Wildman–Crippen LogP) is 3.35. The summed E-state index contributed by atoms with van der Waals surface area (Å²) in [5, 5.41) is -0.0440. The third-order valence-electron chi connectivity index (χ3n) is 1.77. The van der Waals surface area contributed by atoms with Crippen LogP contribution < -0.4 is 0 Å². The zero-order valence-electron chi connectivity index (χ0n) is 8.02. The van der Waals surface area contributed by atoms with Crippen LogP contribution in [-0.4, -0.2) is 12.6 Å². The highest BCUT2D eigenvalue weighted by molar-refractivity contribution is 9.10. The molecule has 0 N–H and O–H groups in total. The van der Waals surface area contributed by atoms with Crippen LogP contribution in [-0.2, 0) is 16.0 Å². The maximum atomic E-state index is 13.1. The molecule has 0 atom stereocenters. The van der Waals surface area contributed by atoms with Crippen molar-refractivity contribution < 1.29 is 13.9 Å². The summed E-state index contributed by atoms with van der Waals surface area (Å²) in [6.45, 7) is 2.00. The summed E-state index contributed by atoms with van der Waals surface area (Å²) in [4.78, 5) is 11.2. The molecular formula is C10H9BrClFO2. The second kappa shape index (κ2) is 5.47. The van der Waals surface area contributed by atoms with E-state index in [0.29, 0.717) is 16.6 Å². The third-order valence-corrected chi connectivity index (χ3v) is 2.92. The van der Waals surface area contributed by atoms with E-state index in [1.807, 2.05) is 0 Å². The van der Waals surface area contributed by atoms with Gasteiger partial charge in [0, 0.05) is 4.47 Å². The predicted molar refractivity (Wildman–Crippen MR) is 59.4 cm³/mol. The summed E-state index contributed by atoms with van der Waals surface area (Å²) in [6.07, 6.45) is -0.0367. The number of hydrogen-bond acceptors (Lipinski definition) is 2.